The maximum atomic E-state index is 13.2. The average molecular weight is 509 g/mol. The molecule has 0 spiro atoms. The predicted octanol–water partition coefficient (Wildman–Crippen LogP) is 5.22. The average Bonchev–Trinajstić information content (AvgIpc) is 3.58. The summed E-state index contributed by atoms with van der Waals surface area (Å²) in [5, 5.41) is 4.41. The number of anilines is 1. The Hall–Kier alpha value is -2.71. The molecule has 6 rings (SSSR count). The SMILES string of the molecule is COc1ccc(NC(=O)Cn2c3c(sc2=O)C(c2ccc(OC)cc2)C2C4CCC(C4)C2S3)cc1. The van der Waals surface area contributed by atoms with Gasteiger partial charge in [-0.25, -0.2) is 0 Å². The van der Waals surface area contributed by atoms with Gasteiger partial charge in [-0.1, -0.05) is 23.5 Å². The minimum atomic E-state index is -0.200. The van der Waals surface area contributed by atoms with Gasteiger partial charge >= 0.3 is 4.87 Å². The van der Waals surface area contributed by atoms with Gasteiger partial charge in [0.2, 0.25) is 5.91 Å². The third-order valence-corrected chi connectivity index (χ3v) is 10.7. The van der Waals surface area contributed by atoms with Crippen LogP contribution in [0.15, 0.2) is 58.4 Å². The quantitative estimate of drug-likeness (QED) is 0.495. The summed E-state index contributed by atoms with van der Waals surface area (Å²) >= 11 is 3.17. The van der Waals surface area contributed by atoms with Gasteiger partial charge < -0.3 is 14.8 Å². The predicted molar refractivity (Wildman–Crippen MR) is 139 cm³/mol. The van der Waals surface area contributed by atoms with Gasteiger partial charge in [0, 0.05) is 21.7 Å². The van der Waals surface area contributed by atoms with E-state index >= 15 is 0 Å². The first kappa shape index (κ1) is 22.7. The summed E-state index contributed by atoms with van der Waals surface area (Å²) in [6, 6.07) is 15.5. The molecule has 2 bridgehead atoms. The number of aromatic nitrogens is 1. The monoisotopic (exact) mass is 508 g/mol. The summed E-state index contributed by atoms with van der Waals surface area (Å²) in [4.78, 5) is 27.2. The summed E-state index contributed by atoms with van der Waals surface area (Å²) in [7, 11) is 3.29. The molecule has 1 N–H and O–H groups in total. The van der Waals surface area contributed by atoms with E-state index in [4.69, 9.17) is 9.47 Å². The standard InChI is InChI=1S/C27H28N2O4S2/c1-32-19-9-5-15(6-10-19)22-23-16-3-4-17(13-16)24(23)34-26-25(22)35-27(31)29(26)14-21(30)28-18-7-11-20(33-2)12-8-18/h5-12,16-17,22-24H,3-4,13-14H2,1-2H3,(H,28,30). The molecule has 2 saturated carbocycles. The molecule has 3 aromatic rings. The summed E-state index contributed by atoms with van der Waals surface area (Å²) in [5.74, 6) is 3.51. The zero-order chi connectivity index (χ0) is 24.1. The van der Waals surface area contributed by atoms with Crippen LogP contribution in [0.3, 0.4) is 0 Å². The van der Waals surface area contributed by atoms with E-state index in [2.05, 4.69) is 17.4 Å². The molecule has 6 nitrogen and oxygen atoms in total. The molecule has 3 aliphatic rings. The van der Waals surface area contributed by atoms with Crippen molar-refractivity contribution in [2.75, 3.05) is 19.5 Å². The van der Waals surface area contributed by atoms with Crippen LogP contribution in [0.4, 0.5) is 5.69 Å². The lowest BCUT2D eigenvalue weighted by Gasteiger charge is -2.40. The molecule has 0 saturated heterocycles. The van der Waals surface area contributed by atoms with Gasteiger partial charge in [-0.2, -0.15) is 0 Å². The molecule has 1 aromatic heterocycles. The maximum absolute atomic E-state index is 13.2. The smallest absolute Gasteiger partial charge is 0.308 e. The third-order valence-electron chi connectivity index (χ3n) is 7.84. The molecule has 2 aliphatic carbocycles. The Morgan fingerprint density at radius 2 is 1.66 bits per heavy atom. The molecule has 35 heavy (non-hydrogen) atoms. The summed E-state index contributed by atoms with van der Waals surface area (Å²) in [6.45, 7) is 0.0184. The number of ether oxygens (including phenoxy) is 2. The number of methoxy groups -OCH3 is 2. The van der Waals surface area contributed by atoms with Gasteiger partial charge in [0.05, 0.1) is 19.2 Å². The Kier molecular flexibility index (Phi) is 5.89. The lowest BCUT2D eigenvalue weighted by atomic mass is 9.75. The van der Waals surface area contributed by atoms with E-state index < -0.39 is 0 Å². The zero-order valence-corrected chi connectivity index (χ0v) is 21.4. The van der Waals surface area contributed by atoms with Crippen molar-refractivity contribution >= 4 is 34.7 Å². The van der Waals surface area contributed by atoms with Gasteiger partial charge in [0.25, 0.3) is 0 Å². The van der Waals surface area contributed by atoms with Crippen molar-refractivity contribution in [1.29, 1.82) is 0 Å². The minimum absolute atomic E-state index is 0.0184. The Labute approximate surface area is 212 Å². The van der Waals surface area contributed by atoms with Gasteiger partial charge in [0.1, 0.15) is 18.0 Å². The Morgan fingerprint density at radius 1 is 1.00 bits per heavy atom. The number of thioether (sulfide) groups is 1. The van der Waals surface area contributed by atoms with Crippen molar-refractivity contribution in [3.63, 3.8) is 0 Å². The van der Waals surface area contributed by atoms with Crippen molar-refractivity contribution < 1.29 is 14.3 Å². The maximum Gasteiger partial charge on any atom is 0.308 e. The highest BCUT2D eigenvalue weighted by Gasteiger charge is 2.55. The van der Waals surface area contributed by atoms with Crippen LogP contribution < -0.4 is 19.7 Å². The summed E-state index contributed by atoms with van der Waals surface area (Å²) in [6.07, 6.45) is 3.84. The molecule has 8 heteroatoms. The highest BCUT2D eigenvalue weighted by molar-refractivity contribution is 8.00. The number of carbonyl (C=O) groups excluding carboxylic acids is 1. The van der Waals surface area contributed by atoms with Crippen LogP contribution in [0.1, 0.15) is 35.6 Å². The first-order valence-electron chi connectivity index (χ1n) is 12.0. The summed E-state index contributed by atoms with van der Waals surface area (Å²) < 4.78 is 12.3. The van der Waals surface area contributed by atoms with E-state index in [1.807, 2.05) is 23.9 Å². The highest BCUT2D eigenvalue weighted by atomic mass is 32.2. The zero-order valence-electron chi connectivity index (χ0n) is 19.7. The largest absolute Gasteiger partial charge is 0.497 e. The van der Waals surface area contributed by atoms with Crippen LogP contribution in [0.2, 0.25) is 0 Å². The van der Waals surface area contributed by atoms with Crippen LogP contribution in [-0.4, -0.2) is 29.9 Å². The van der Waals surface area contributed by atoms with Crippen LogP contribution in [0, 0.1) is 17.8 Å². The lowest BCUT2D eigenvalue weighted by molar-refractivity contribution is -0.116. The number of thiazole rings is 1. The fraction of sp³-hybridized carbons (Fsp3) is 0.407. The molecule has 1 aliphatic heterocycles. The van der Waals surface area contributed by atoms with Crippen molar-refractivity contribution in [3.8, 4) is 11.5 Å². The van der Waals surface area contributed by atoms with Gasteiger partial charge in [-0.15, -0.1) is 11.8 Å². The molecule has 5 atom stereocenters. The topological polar surface area (TPSA) is 69.6 Å². The van der Waals surface area contributed by atoms with Crippen molar-refractivity contribution in [1.82, 2.24) is 4.57 Å². The number of nitrogens with one attached hydrogen (secondary N) is 1. The van der Waals surface area contributed by atoms with Crippen LogP contribution >= 0.6 is 23.1 Å². The van der Waals surface area contributed by atoms with E-state index in [0.717, 1.165) is 21.4 Å². The van der Waals surface area contributed by atoms with Gasteiger partial charge in [0.15, 0.2) is 0 Å². The molecule has 2 fully saturated rings. The fourth-order valence-electron chi connectivity index (χ4n) is 6.29. The lowest BCUT2D eigenvalue weighted by Crippen LogP contribution is -2.34. The molecule has 182 valence electrons. The van der Waals surface area contributed by atoms with Crippen molar-refractivity contribution in [2.45, 2.75) is 42.0 Å². The summed E-state index contributed by atoms with van der Waals surface area (Å²) in [5.41, 5.74) is 1.93. The third kappa shape index (κ3) is 3.96. The highest BCUT2D eigenvalue weighted by Crippen LogP contribution is 2.64. The normalized spacial score (nSPS) is 26.2. The Morgan fingerprint density at radius 3 is 2.34 bits per heavy atom. The number of rotatable bonds is 6. The molecule has 2 aromatic carbocycles. The fourth-order valence-corrected chi connectivity index (χ4v) is 9.44. The first-order valence-corrected chi connectivity index (χ1v) is 13.7. The number of nitrogens with zero attached hydrogens (tertiary/aromatic N) is 1. The van der Waals surface area contributed by atoms with E-state index in [1.165, 1.54) is 36.2 Å². The first-order chi connectivity index (χ1) is 17.1. The number of hydrogen-bond acceptors (Lipinski definition) is 6. The molecule has 5 unspecified atom stereocenters. The second-order valence-corrected chi connectivity index (χ2v) is 11.8. The molecular weight excluding hydrogens is 480 g/mol. The van der Waals surface area contributed by atoms with E-state index in [1.54, 1.807) is 43.1 Å². The number of benzene rings is 2. The van der Waals surface area contributed by atoms with Crippen molar-refractivity contribution in [3.05, 3.63) is 68.6 Å². The number of carbonyl (C=O) groups is 1. The van der Waals surface area contributed by atoms with Crippen LogP contribution in [0.5, 0.6) is 11.5 Å². The van der Waals surface area contributed by atoms with Gasteiger partial charge in [-0.3, -0.25) is 14.2 Å². The number of fused-ring (bicyclic) bond motifs is 6. The van der Waals surface area contributed by atoms with Crippen molar-refractivity contribution in [2.24, 2.45) is 17.8 Å². The minimum Gasteiger partial charge on any atom is -0.497 e. The number of amides is 1. The molecule has 2 heterocycles. The molecule has 1 amide bonds. The Bertz CT molecular complexity index is 1300. The molecule has 0 radical (unpaired) electrons. The van der Waals surface area contributed by atoms with E-state index in [-0.39, 0.29) is 23.2 Å². The van der Waals surface area contributed by atoms with Crippen LogP contribution in [-0.2, 0) is 11.3 Å². The Balaban J connectivity index is 1.33. The second-order valence-electron chi connectivity index (χ2n) is 9.64. The van der Waals surface area contributed by atoms with E-state index in [0.29, 0.717) is 28.7 Å². The van der Waals surface area contributed by atoms with Crippen LogP contribution in [0.25, 0.3) is 0 Å². The molecular formula is C27H28N2O4S2. The number of hydrogen-bond donors (Lipinski definition) is 1. The van der Waals surface area contributed by atoms with E-state index in [9.17, 15) is 9.59 Å². The second kappa shape index (κ2) is 9.06. The van der Waals surface area contributed by atoms with Gasteiger partial charge in [-0.05, 0) is 79.0 Å².